The van der Waals surface area contributed by atoms with E-state index in [2.05, 4.69) is 0 Å². The second kappa shape index (κ2) is 7.12. The zero-order valence-electron chi connectivity index (χ0n) is 14.2. The van der Waals surface area contributed by atoms with Crippen LogP contribution < -0.4 is 5.73 Å². The molecular formula is C20H31NO2. The van der Waals surface area contributed by atoms with Crippen molar-refractivity contribution in [3.05, 3.63) is 23.3 Å². The van der Waals surface area contributed by atoms with Crippen molar-refractivity contribution in [2.24, 2.45) is 11.1 Å². The van der Waals surface area contributed by atoms with Crippen molar-refractivity contribution in [3.8, 4) is 11.5 Å². The van der Waals surface area contributed by atoms with Gasteiger partial charge in [-0.3, -0.25) is 0 Å². The van der Waals surface area contributed by atoms with Gasteiger partial charge in [-0.1, -0.05) is 51.0 Å². The van der Waals surface area contributed by atoms with E-state index in [1.54, 1.807) is 6.07 Å². The van der Waals surface area contributed by atoms with Gasteiger partial charge < -0.3 is 15.9 Å². The van der Waals surface area contributed by atoms with Gasteiger partial charge in [0.25, 0.3) is 0 Å². The molecule has 128 valence electrons. The molecule has 1 aromatic rings. The Kier molecular flexibility index (Phi) is 5.15. The molecule has 2 aliphatic carbocycles. The predicted octanol–water partition coefficient (Wildman–Crippen LogP) is 4.60. The third-order valence-electron chi connectivity index (χ3n) is 6.17. The standard InChI is InChI=1S/C20H31NO2/c21-14-15-12-20(10-6-4-2-1-3-5-7-11-20)13-17-16(15)8-9-18(22)19(17)23/h8-9,15,22-23H,1-7,10-14,21H2. The summed E-state index contributed by atoms with van der Waals surface area (Å²) >= 11 is 0. The Morgan fingerprint density at radius 3 is 2.17 bits per heavy atom. The number of hydrogen-bond acceptors (Lipinski definition) is 3. The summed E-state index contributed by atoms with van der Waals surface area (Å²) in [7, 11) is 0. The average molecular weight is 317 g/mol. The molecule has 1 saturated carbocycles. The van der Waals surface area contributed by atoms with Crippen LogP contribution in [0, 0.1) is 5.41 Å². The van der Waals surface area contributed by atoms with E-state index in [-0.39, 0.29) is 16.9 Å². The van der Waals surface area contributed by atoms with Gasteiger partial charge in [-0.15, -0.1) is 0 Å². The minimum absolute atomic E-state index is 0.0106. The zero-order valence-corrected chi connectivity index (χ0v) is 14.2. The predicted molar refractivity (Wildman–Crippen MR) is 93.9 cm³/mol. The van der Waals surface area contributed by atoms with E-state index in [0.717, 1.165) is 24.0 Å². The average Bonchev–Trinajstić information content (AvgIpc) is 2.57. The molecule has 0 bridgehead atoms. The minimum Gasteiger partial charge on any atom is -0.504 e. The van der Waals surface area contributed by atoms with E-state index in [1.807, 2.05) is 6.07 Å². The Labute approximate surface area is 139 Å². The van der Waals surface area contributed by atoms with Gasteiger partial charge in [-0.2, -0.15) is 0 Å². The maximum atomic E-state index is 10.4. The van der Waals surface area contributed by atoms with Gasteiger partial charge >= 0.3 is 0 Å². The number of nitrogens with two attached hydrogens (primary N) is 1. The molecule has 2 aliphatic rings. The summed E-state index contributed by atoms with van der Waals surface area (Å²) in [5, 5.41) is 20.3. The van der Waals surface area contributed by atoms with Gasteiger partial charge in [0.2, 0.25) is 0 Å². The number of fused-ring (bicyclic) bond motifs is 1. The smallest absolute Gasteiger partial charge is 0.160 e. The van der Waals surface area contributed by atoms with Crippen molar-refractivity contribution >= 4 is 0 Å². The summed E-state index contributed by atoms with van der Waals surface area (Å²) < 4.78 is 0. The van der Waals surface area contributed by atoms with Crippen LogP contribution in [0.25, 0.3) is 0 Å². The van der Waals surface area contributed by atoms with Crippen LogP contribution in [-0.4, -0.2) is 16.8 Å². The molecule has 1 aromatic carbocycles. The van der Waals surface area contributed by atoms with Crippen LogP contribution in [0.15, 0.2) is 12.1 Å². The number of hydrogen-bond donors (Lipinski definition) is 3. The second-order valence-corrected chi connectivity index (χ2v) is 7.79. The highest BCUT2D eigenvalue weighted by Gasteiger charge is 2.39. The van der Waals surface area contributed by atoms with Crippen molar-refractivity contribution in [2.45, 2.75) is 76.5 Å². The molecule has 0 saturated heterocycles. The minimum atomic E-state index is 0.0106. The molecule has 0 radical (unpaired) electrons. The fraction of sp³-hybridized carbons (Fsp3) is 0.700. The third kappa shape index (κ3) is 3.50. The number of phenolic OH excluding ortho intramolecular Hbond substituents is 2. The summed E-state index contributed by atoms with van der Waals surface area (Å²) in [5.74, 6) is 0.418. The van der Waals surface area contributed by atoms with E-state index in [9.17, 15) is 10.2 Å². The van der Waals surface area contributed by atoms with Gasteiger partial charge in [0.05, 0.1) is 0 Å². The highest BCUT2D eigenvalue weighted by molar-refractivity contribution is 5.52. The fourth-order valence-electron chi connectivity index (χ4n) is 4.89. The molecule has 0 heterocycles. The van der Waals surface area contributed by atoms with Gasteiger partial charge in [-0.25, -0.2) is 0 Å². The molecule has 4 N–H and O–H groups in total. The Balaban J connectivity index is 1.91. The monoisotopic (exact) mass is 317 g/mol. The second-order valence-electron chi connectivity index (χ2n) is 7.79. The van der Waals surface area contributed by atoms with E-state index in [1.165, 1.54) is 57.8 Å². The van der Waals surface area contributed by atoms with E-state index < -0.39 is 0 Å². The SMILES string of the molecule is NCC1CC2(CCCCCCCCC2)Cc2c1ccc(O)c2O. The number of rotatable bonds is 1. The summed E-state index contributed by atoms with van der Waals surface area (Å²) in [4.78, 5) is 0. The van der Waals surface area contributed by atoms with Crippen molar-refractivity contribution in [3.63, 3.8) is 0 Å². The Hall–Kier alpha value is -1.22. The molecule has 0 aromatic heterocycles. The van der Waals surface area contributed by atoms with Crippen molar-refractivity contribution in [1.82, 2.24) is 0 Å². The van der Waals surface area contributed by atoms with Gasteiger partial charge in [0.15, 0.2) is 11.5 Å². The molecule has 0 amide bonds. The fourth-order valence-corrected chi connectivity index (χ4v) is 4.89. The number of phenols is 2. The lowest BCUT2D eigenvalue weighted by atomic mass is 9.62. The molecule has 3 heteroatoms. The van der Waals surface area contributed by atoms with Crippen LogP contribution in [0.1, 0.15) is 81.3 Å². The molecule has 0 aliphatic heterocycles. The Morgan fingerprint density at radius 2 is 1.57 bits per heavy atom. The van der Waals surface area contributed by atoms with Gasteiger partial charge in [0, 0.05) is 5.56 Å². The Morgan fingerprint density at radius 1 is 0.957 bits per heavy atom. The zero-order chi connectivity index (χ0) is 16.3. The topological polar surface area (TPSA) is 66.5 Å². The van der Waals surface area contributed by atoms with Crippen molar-refractivity contribution < 1.29 is 10.2 Å². The highest BCUT2D eigenvalue weighted by atomic mass is 16.3. The van der Waals surface area contributed by atoms with Crippen LogP contribution in [0.3, 0.4) is 0 Å². The third-order valence-corrected chi connectivity index (χ3v) is 6.17. The normalized spacial score (nSPS) is 25.0. The van der Waals surface area contributed by atoms with Crippen molar-refractivity contribution in [1.29, 1.82) is 0 Å². The summed E-state index contributed by atoms with van der Waals surface area (Å²) in [6.07, 6.45) is 13.8. The van der Waals surface area contributed by atoms with Crippen LogP contribution in [-0.2, 0) is 6.42 Å². The first kappa shape index (κ1) is 16.6. The van der Waals surface area contributed by atoms with Crippen LogP contribution >= 0.6 is 0 Å². The molecular weight excluding hydrogens is 286 g/mol. The van der Waals surface area contributed by atoms with Crippen molar-refractivity contribution in [2.75, 3.05) is 6.54 Å². The molecule has 3 rings (SSSR count). The molecule has 3 nitrogen and oxygen atoms in total. The Bertz CT molecular complexity index is 531. The molecule has 1 spiro atoms. The van der Waals surface area contributed by atoms with Crippen LogP contribution in [0.5, 0.6) is 11.5 Å². The van der Waals surface area contributed by atoms with E-state index in [4.69, 9.17) is 5.73 Å². The molecule has 1 unspecified atom stereocenters. The van der Waals surface area contributed by atoms with Crippen LogP contribution in [0.2, 0.25) is 0 Å². The maximum Gasteiger partial charge on any atom is 0.160 e. The van der Waals surface area contributed by atoms with Gasteiger partial charge in [-0.05, 0) is 55.2 Å². The summed E-state index contributed by atoms with van der Waals surface area (Å²) in [5.41, 5.74) is 8.46. The highest BCUT2D eigenvalue weighted by Crippen LogP contribution is 2.51. The first-order chi connectivity index (χ1) is 11.2. The van der Waals surface area contributed by atoms with Crippen LogP contribution in [0.4, 0.5) is 0 Å². The maximum absolute atomic E-state index is 10.4. The number of benzene rings is 1. The molecule has 23 heavy (non-hydrogen) atoms. The lowest BCUT2D eigenvalue weighted by Crippen LogP contribution is -2.34. The van der Waals surface area contributed by atoms with E-state index in [0.29, 0.717) is 12.5 Å². The largest absolute Gasteiger partial charge is 0.504 e. The number of aromatic hydroxyl groups is 2. The van der Waals surface area contributed by atoms with E-state index >= 15 is 0 Å². The lowest BCUT2D eigenvalue weighted by molar-refractivity contribution is 0.166. The first-order valence-electron chi connectivity index (χ1n) is 9.39. The summed E-state index contributed by atoms with van der Waals surface area (Å²) in [6, 6.07) is 3.58. The first-order valence-corrected chi connectivity index (χ1v) is 9.39. The molecule has 1 fully saturated rings. The lowest BCUT2D eigenvalue weighted by Gasteiger charge is -2.43. The quantitative estimate of drug-likeness (QED) is 0.663. The molecule has 1 atom stereocenters. The van der Waals surface area contributed by atoms with Gasteiger partial charge in [0.1, 0.15) is 0 Å². The summed E-state index contributed by atoms with van der Waals surface area (Å²) in [6.45, 7) is 0.624.